The fourth-order valence-corrected chi connectivity index (χ4v) is 1.25. The summed E-state index contributed by atoms with van der Waals surface area (Å²) >= 11 is 5.29. The van der Waals surface area contributed by atoms with Crippen molar-refractivity contribution in [2.45, 2.75) is 31.0 Å². The molecule has 0 aromatic rings. The molecule has 0 aromatic carbocycles. The number of hydrogen-bond donors (Lipinski definition) is 2. The van der Waals surface area contributed by atoms with Crippen LogP contribution in [0.5, 0.6) is 0 Å². The second-order valence-electron chi connectivity index (χ2n) is 3.30. The van der Waals surface area contributed by atoms with Gasteiger partial charge in [-0.1, -0.05) is 0 Å². The Kier molecular flexibility index (Phi) is 3.26. The van der Waals surface area contributed by atoms with E-state index in [0.29, 0.717) is 12.8 Å². The van der Waals surface area contributed by atoms with Gasteiger partial charge in [0, 0.05) is 6.54 Å². The second-order valence-corrected chi connectivity index (χ2v) is 3.49. The smallest absolute Gasteiger partial charge is 0.354 e. The van der Waals surface area contributed by atoms with Crippen LogP contribution in [0.15, 0.2) is 0 Å². The molecule has 2 N–H and O–H groups in total. The van der Waals surface area contributed by atoms with Crippen molar-refractivity contribution in [2.75, 3.05) is 6.54 Å². The van der Waals surface area contributed by atoms with Crippen LogP contribution in [0.4, 0.5) is 13.2 Å². The van der Waals surface area contributed by atoms with Gasteiger partial charge in [0.15, 0.2) is 0 Å². The van der Waals surface area contributed by atoms with Gasteiger partial charge in [-0.2, -0.15) is 13.2 Å². The summed E-state index contributed by atoms with van der Waals surface area (Å²) in [5.74, 6) is -0.461. The van der Waals surface area contributed by atoms with Gasteiger partial charge < -0.3 is 5.32 Å². The molecule has 0 unspecified atom stereocenters. The molecule has 7 heteroatoms. The van der Waals surface area contributed by atoms with Crippen LogP contribution in [-0.2, 0) is 4.79 Å². The summed E-state index contributed by atoms with van der Waals surface area (Å²) in [7, 11) is 0. The van der Waals surface area contributed by atoms with E-state index in [1.165, 1.54) is 0 Å². The Hall–Kier alpha value is -0.490. The van der Waals surface area contributed by atoms with E-state index in [4.69, 9.17) is 11.8 Å². The molecule has 1 aliphatic rings. The minimum absolute atomic E-state index is 0.400. The lowest BCUT2D eigenvalue weighted by molar-refractivity contribution is -0.136. The van der Waals surface area contributed by atoms with Crippen molar-refractivity contribution < 1.29 is 18.0 Å². The predicted molar refractivity (Wildman–Crippen MR) is 44.6 cm³/mol. The van der Waals surface area contributed by atoms with E-state index in [1.54, 1.807) is 0 Å². The fraction of sp³-hybridized carbons (Fsp3) is 0.857. The second kappa shape index (κ2) is 3.94. The van der Waals surface area contributed by atoms with Crippen molar-refractivity contribution in [2.24, 2.45) is 0 Å². The Morgan fingerprint density at radius 3 is 2.36 bits per heavy atom. The van der Waals surface area contributed by atoms with Crippen LogP contribution in [-0.4, -0.2) is 24.2 Å². The predicted octanol–water partition coefficient (Wildman–Crippen LogP) is 1.33. The molecular formula is C7H10ClF3N2O. The largest absolute Gasteiger partial charge is 0.390 e. The number of rotatable bonds is 4. The zero-order valence-electron chi connectivity index (χ0n) is 7.25. The van der Waals surface area contributed by atoms with Crippen LogP contribution in [0.1, 0.15) is 19.3 Å². The van der Waals surface area contributed by atoms with Gasteiger partial charge in [-0.15, -0.1) is 0 Å². The van der Waals surface area contributed by atoms with Gasteiger partial charge in [-0.3, -0.25) is 4.79 Å². The van der Waals surface area contributed by atoms with Crippen LogP contribution in [0, 0.1) is 0 Å². The number of hydrogen-bond acceptors (Lipinski definition) is 2. The maximum absolute atomic E-state index is 11.7. The van der Waals surface area contributed by atoms with E-state index in [1.807, 2.05) is 0 Å². The lowest BCUT2D eigenvalue weighted by Crippen LogP contribution is -2.43. The van der Waals surface area contributed by atoms with Crippen LogP contribution in [0.3, 0.4) is 0 Å². The van der Waals surface area contributed by atoms with E-state index in [2.05, 4.69) is 10.2 Å². The zero-order valence-corrected chi connectivity index (χ0v) is 8.00. The van der Waals surface area contributed by atoms with Crippen molar-refractivity contribution in [1.29, 1.82) is 0 Å². The van der Waals surface area contributed by atoms with Crippen molar-refractivity contribution in [3.63, 3.8) is 0 Å². The molecule has 0 bridgehead atoms. The highest BCUT2D eigenvalue weighted by molar-refractivity contribution is 6.16. The topological polar surface area (TPSA) is 41.1 Å². The summed E-state index contributed by atoms with van der Waals surface area (Å²) < 4.78 is 35.1. The average molecular weight is 231 g/mol. The monoisotopic (exact) mass is 230 g/mol. The molecule has 3 nitrogen and oxygen atoms in total. The number of nitrogens with one attached hydrogen (secondary N) is 2. The Labute approximate surface area is 84.1 Å². The molecule has 0 heterocycles. The standard InChI is InChI=1S/C7H10ClF3N2O/c8-13-6(1-2-6)5(14)12-4-3-7(9,10)11/h13H,1-4H2,(H,12,14). The van der Waals surface area contributed by atoms with Gasteiger partial charge in [0.05, 0.1) is 6.42 Å². The van der Waals surface area contributed by atoms with Crippen LogP contribution >= 0.6 is 11.8 Å². The summed E-state index contributed by atoms with van der Waals surface area (Å²) in [6, 6.07) is 0. The van der Waals surface area contributed by atoms with Crippen LogP contribution in [0.25, 0.3) is 0 Å². The van der Waals surface area contributed by atoms with Gasteiger partial charge in [-0.25, -0.2) is 4.84 Å². The van der Waals surface area contributed by atoms with Gasteiger partial charge in [0.1, 0.15) is 5.54 Å². The third kappa shape index (κ3) is 3.02. The molecule has 1 amide bonds. The van der Waals surface area contributed by atoms with Crippen LogP contribution < -0.4 is 10.2 Å². The Morgan fingerprint density at radius 1 is 1.43 bits per heavy atom. The lowest BCUT2D eigenvalue weighted by atomic mass is 10.2. The van der Waals surface area contributed by atoms with Gasteiger partial charge in [0.2, 0.25) is 5.91 Å². The van der Waals surface area contributed by atoms with Crippen LogP contribution in [0.2, 0.25) is 0 Å². The SMILES string of the molecule is O=C(NCCC(F)(F)F)C1(NCl)CC1. The van der Waals surface area contributed by atoms with Gasteiger partial charge >= 0.3 is 6.18 Å². The Bertz CT molecular complexity index is 227. The normalized spacial score (nSPS) is 19.1. The molecule has 1 saturated carbocycles. The number of alkyl halides is 3. The first-order valence-corrected chi connectivity index (χ1v) is 4.50. The molecule has 0 atom stereocenters. The van der Waals surface area contributed by atoms with E-state index in [9.17, 15) is 18.0 Å². The number of amides is 1. The van der Waals surface area contributed by atoms with Gasteiger partial charge in [0.25, 0.3) is 0 Å². The highest BCUT2D eigenvalue weighted by Gasteiger charge is 2.49. The van der Waals surface area contributed by atoms with Crippen molar-refractivity contribution >= 4 is 17.7 Å². The minimum Gasteiger partial charge on any atom is -0.354 e. The maximum Gasteiger partial charge on any atom is 0.390 e. The van der Waals surface area contributed by atoms with E-state index in [-0.39, 0.29) is 0 Å². The Balaban J connectivity index is 2.23. The molecule has 0 aromatic heterocycles. The molecule has 0 aliphatic heterocycles. The molecule has 1 rings (SSSR count). The fourth-order valence-electron chi connectivity index (χ4n) is 0.976. The summed E-state index contributed by atoms with van der Waals surface area (Å²) in [6.07, 6.45) is -4.13. The van der Waals surface area contributed by atoms with Gasteiger partial charge in [-0.05, 0) is 24.6 Å². The number of carbonyl (C=O) groups excluding carboxylic acids is 1. The minimum atomic E-state index is -4.24. The quantitative estimate of drug-likeness (QED) is 0.716. The first-order valence-electron chi connectivity index (χ1n) is 4.12. The lowest BCUT2D eigenvalue weighted by Gasteiger charge is -2.13. The third-order valence-corrected chi connectivity index (χ3v) is 2.42. The molecule has 1 aliphatic carbocycles. The zero-order chi connectivity index (χ0) is 10.8. The first kappa shape index (κ1) is 11.6. The molecule has 0 radical (unpaired) electrons. The highest BCUT2D eigenvalue weighted by atomic mass is 35.5. The summed E-state index contributed by atoms with van der Waals surface area (Å²) in [5, 5.41) is 2.19. The molecule has 82 valence electrons. The summed E-state index contributed by atoms with van der Waals surface area (Å²) in [6.45, 7) is -0.400. The van der Waals surface area contributed by atoms with E-state index >= 15 is 0 Å². The summed E-state index contributed by atoms with van der Waals surface area (Å²) in [5.41, 5.74) is -0.826. The molecule has 14 heavy (non-hydrogen) atoms. The average Bonchev–Trinajstić information content (AvgIpc) is 2.81. The van der Waals surface area contributed by atoms with Crippen molar-refractivity contribution in [3.05, 3.63) is 0 Å². The van der Waals surface area contributed by atoms with Crippen molar-refractivity contribution in [3.8, 4) is 0 Å². The number of carbonyl (C=O) groups is 1. The number of halogens is 4. The first-order chi connectivity index (χ1) is 6.40. The van der Waals surface area contributed by atoms with E-state index in [0.717, 1.165) is 0 Å². The highest BCUT2D eigenvalue weighted by Crippen LogP contribution is 2.36. The maximum atomic E-state index is 11.7. The van der Waals surface area contributed by atoms with E-state index < -0.39 is 30.6 Å². The summed E-state index contributed by atoms with van der Waals surface area (Å²) in [4.78, 5) is 13.5. The molecule has 1 fully saturated rings. The third-order valence-electron chi connectivity index (χ3n) is 2.06. The van der Waals surface area contributed by atoms with Crippen molar-refractivity contribution in [1.82, 2.24) is 10.2 Å². The molecular weight excluding hydrogens is 221 g/mol. The molecule has 0 saturated heterocycles. The molecule has 0 spiro atoms. The Morgan fingerprint density at radius 2 is 2.00 bits per heavy atom.